The summed E-state index contributed by atoms with van der Waals surface area (Å²) in [5.41, 5.74) is 2.82. The van der Waals surface area contributed by atoms with Crippen LogP contribution >= 0.6 is 15.9 Å². The fourth-order valence-corrected chi connectivity index (χ4v) is 3.01. The minimum absolute atomic E-state index is 0.537. The topological polar surface area (TPSA) is 12.0 Å². The van der Waals surface area contributed by atoms with Crippen LogP contribution in [0.1, 0.15) is 29.9 Å². The van der Waals surface area contributed by atoms with Crippen molar-refractivity contribution in [2.45, 2.75) is 31.2 Å². The first-order valence-electron chi connectivity index (χ1n) is 7.34. The molecule has 0 heterocycles. The van der Waals surface area contributed by atoms with Crippen LogP contribution in [0.4, 0.5) is 0 Å². The van der Waals surface area contributed by atoms with Crippen molar-refractivity contribution < 1.29 is 0 Å². The third-order valence-corrected chi connectivity index (χ3v) is 4.70. The maximum atomic E-state index is 3.68. The van der Waals surface area contributed by atoms with Gasteiger partial charge in [0.15, 0.2) is 0 Å². The molecule has 1 fully saturated rings. The molecule has 0 saturated heterocycles. The molecule has 1 saturated carbocycles. The van der Waals surface area contributed by atoms with Gasteiger partial charge in [-0.3, -0.25) is 0 Å². The second kappa shape index (κ2) is 6.55. The van der Waals surface area contributed by atoms with E-state index in [1.165, 1.54) is 28.4 Å². The monoisotopic (exact) mass is 329 g/mol. The first kappa shape index (κ1) is 13.8. The van der Waals surface area contributed by atoms with E-state index in [1.54, 1.807) is 0 Å². The lowest BCUT2D eigenvalue weighted by molar-refractivity contribution is 0.576. The first-order valence-corrected chi connectivity index (χ1v) is 8.14. The highest BCUT2D eigenvalue weighted by molar-refractivity contribution is 9.10. The molecule has 0 aliphatic heterocycles. The summed E-state index contributed by atoms with van der Waals surface area (Å²) in [6.45, 7) is 1.07. The molecule has 1 atom stereocenters. The minimum Gasteiger partial charge on any atom is -0.313 e. The Balaban J connectivity index is 1.76. The van der Waals surface area contributed by atoms with Crippen LogP contribution < -0.4 is 5.32 Å². The van der Waals surface area contributed by atoms with Gasteiger partial charge in [-0.15, -0.1) is 0 Å². The maximum absolute atomic E-state index is 3.68. The minimum atomic E-state index is 0.537. The van der Waals surface area contributed by atoms with Crippen molar-refractivity contribution in [2.24, 2.45) is 0 Å². The van der Waals surface area contributed by atoms with Gasteiger partial charge in [0.05, 0.1) is 0 Å². The Morgan fingerprint density at radius 2 is 1.70 bits per heavy atom. The summed E-state index contributed by atoms with van der Waals surface area (Å²) >= 11 is 3.67. The van der Waals surface area contributed by atoms with Crippen molar-refractivity contribution in [1.29, 1.82) is 0 Å². The molecule has 3 rings (SSSR count). The third-order valence-electron chi connectivity index (χ3n) is 3.93. The molecule has 2 aromatic rings. The van der Waals surface area contributed by atoms with Crippen LogP contribution in [-0.4, -0.2) is 12.6 Å². The Labute approximate surface area is 129 Å². The fraction of sp³-hybridized carbons (Fsp3) is 0.333. The molecule has 0 spiro atoms. The predicted molar refractivity (Wildman–Crippen MR) is 88.1 cm³/mol. The highest BCUT2D eigenvalue weighted by atomic mass is 79.9. The van der Waals surface area contributed by atoms with Crippen molar-refractivity contribution in [2.75, 3.05) is 6.54 Å². The average molecular weight is 330 g/mol. The summed E-state index contributed by atoms with van der Waals surface area (Å²) in [5.74, 6) is 0.537. The Hall–Kier alpha value is -1.12. The summed E-state index contributed by atoms with van der Waals surface area (Å²) in [6, 6.07) is 20.2. The van der Waals surface area contributed by atoms with Gasteiger partial charge in [0.25, 0.3) is 0 Å². The highest BCUT2D eigenvalue weighted by Crippen LogP contribution is 2.26. The predicted octanol–water partition coefficient (Wildman–Crippen LogP) is 4.53. The third kappa shape index (κ3) is 3.71. The van der Waals surface area contributed by atoms with Gasteiger partial charge in [0, 0.05) is 23.0 Å². The summed E-state index contributed by atoms with van der Waals surface area (Å²) in [5, 5.41) is 3.68. The quantitative estimate of drug-likeness (QED) is 0.821. The molecule has 1 N–H and O–H groups in total. The second-order valence-corrected chi connectivity index (χ2v) is 6.44. The van der Waals surface area contributed by atoms with Gasteiger partial charge in [-0.1, -0.05) is 64.5 Å². The van der Waals surface area contributed by atoms with E-state index in [9.17, 15) is 0 Å². The fourth-order valence-electron chi connectivity index (χ4n) is 2.56. The van der Waals surface area contributed by atoms with E-state index in [2.05, 4.69) is 75.8 Å². The molecule has 0 bridgehead atoms. The Morgan fingerprint density at radius 1 is 1.00 bits per heavy atom. The number of benzene rings is 2. The van der Waals surface area contributed by atoms with E-state index < -0.39 is 0 Å². The van der Waals surface area contributed by atoms with Crippen molar-refractivity contribution in [3.8, 4) is 0 Å². The van der Waals surface area contributed by atoms with E-state index in [4.69, 9.17) is 0 Å². The molecule has 104 valence electrons. The lowest BCUT2D eigenvalue weighted by Crippen LogP contribution is -2.24. The smallest absolute Gasteiger partial charge is 0.0207 e. The number of hydrogen-bond acceptors (Lipinski definition) is 1. The molecule has 1 unspecified atom stereocenters. The molecule has 0 radical (unpaired) electrons. The van der Waals surface area contributed by atoms with Crippen LogP contribution in [0, 0.1) is 0 Å². The molecule has 20 heavy (non-hydrogen) atoms. The van der Waals surface area contributed by atoms with Gasteiger partial charge in [-0.05, 0) is 36.5 Å². The second-order valence-electron chi connectivity index (χ2n) is 5.59. The Bertz CT molecular complexity index is 548. The van der Waals surface area contributed by atoms with Crippen molar-refractivity contribution in [3.63, 3.8) is 0 Å². The summed E-state index contributed by atoms with van der Waals surface area (Å²) in [7, 11) is 0. The highest BCUT2D eigenvalue weighted by Gasteiger charge is 2.22. The van der Waals surface area contributed by atoms with Crippen LogP contribution in [-0.2, 0) is 6.42 Å². The number of nitrogens with one attached hydrogen (secondary N) is 1. The van der Waals surface area contributed by atoms with E-state index in [0.29, 0.717) is 5.92 Å². The lowest BCUT2D eigenvalue weighted by atomic mass is 9.92. The standard InChI is InChI=1S/C18H20BrN/c19-18-9-5-4-8-15(18)12-16(13-20-17-10-11-17)14-6-2-1-3-7-14/h1-9,16-17,20H,10-13H2. The molecular formula is C18H20BrN. The number of halogens is 1. The van der Waals surface area contributed by atoms with Crippen LogP contribution in [0.25, 0.3) is 0 Å². The summed E-state index contributed by atoms with van der Waals surface area (Å²) in [6.07, 6.45) is 3.76. The van der Waals surface area contributed by atoms with E-state index in [-0.39, 0.29) is 0 Å². The van der Waals surface area contributed by atoms with Gasteiger partial charge in [0.2, 0.25) is 0 Å². The normalized spacial score (nSPS) is 16.1. The summed E-state index contributed by atoms with van der Waals surface area (Å²) < 4.78 is 1.22. The van der Waals surface area contributed by atoms with Crippen molar-refractivity contribution >= 4 is 15.9 Å². The molecule has 2 heteroatoms. The number of hydrogen-bond donors (Lipinski definition) is 1. The van der Waals surface area contributed by atoms with E-state index >= 15 is 0 Å². The van der Waals surface area contributed by atoms with Gasteiger partial charge < -0.3 is 5.32 Å². The summed E-state index contributed by atoms with van der Waals surface area (Å²) in [4.78, 5) is 0. The molecule has 2 aromatic carbocycles. The van der Waals surface area contributed by atoms with Crippen LogP contribution in [0.15, 0.2) is 59.1 Å². The van der Waals surface area contributed by atoms with Crippen LogP contribution in [0.3, 0.4) is 0 Å². The zero-order valence-electron chi connectivity index (χ0n) is 11.6. The van der Waals surface area contributed by atoms with Crippen molar-refractivity contribution in [1.82, 2.24) is 5.32 Å². The molecule has 0 aromatic heterocycles. The zero-order chi connectivity index (χ0) is 13.8. The van der Waals surface area contributed by atoms with Gasteiger partial charge in [0.1, 0.15) is 0 Å². The largest absolute Gasteiger partial charge is 0.313 e. The van der Waals surface area contributed by atoms with Crippen molar-refractivity contribution in [3.05, 3.63) is 70.2 Å². The average Bonchev–Trinajstić information content (AvgIpc) is 3.30. The molecular weight excluding hydrogens is 310 g/mol. The first-order chi connectivity index (χ1) is 9.83. The zero-order valence-corrected chi connectivity index (χ0v) is 13.1. The van der Waals surface area contributed by atoms with Crippen LogP contribution in [0.5, 0.6) is 0 Å². The molecule has 1 nitrogen and oxygen atoms in total. The lowest BCUT2D eigenvalue weighted by Gasteiger charge is -2.19. The number of rotatable bonds is 6. The van der Waals surface area contributed by atoms with Gasteiger partial charge in [-0.25, -0.2) is 0 Å². The Kier molecular flexibility index (Phi) is 4.54. The molecule has 0 amide bonds. The molecule has 1 aliphatic carbocycles. The SMILES string of the molecule is Brc1ccccc1CC(CNC1CC1)c1ccccc1. The van der Waals surface area contributed by atoms with E-state index in [0.717, 1.165) is 19.0 Å². The maximum Gasteiger partial charge on any atom is 0.0207 e. The van der Waals surface area contributed by atoms with Gasteiger partial charge in [-0.2, -0.15) is 0 Å². The van der Waals surface area contributed by atoms with E-state index in [1.807, 2.05) is 0 Å². The van der Waals surface area contributed by atoms with Gasteiger partial charge >= 0.3 is 0 Å². The van der Waals surface area contributed by atoms with Crippen LogP contribution in [0.2, 0.25) is 0 Å². The molecule has 1 aliphatic rings. The Morgan fingerprint density at radius 3 is 2.40 bits per heavy atom.